The smallest absolute Gasteiger partial charge is 0.248 e. The Labute approximate surface area is 130 Å². The van der Waals surface area contributed by atoms with Crippen LogP contribution in [0.3, 0.4) is 0 Å². The lowest BCUT2D eigenvalue weighted by Crippen LogP contribution is -2.37. The van der Waals surface area contributed by atoms with Gasteiger partial charge in [0.15, 0.2) is 0 Å². The highest BCUT2D eigenvalue weighted by molar-refractivity contribution is 5.92. The van der Waals surface area contributed by atoms with Crippen LogP contribution in [0.15, 0.2) is 48.5 Å². The number of carbonyl (C=O) groups is 1. The first-order valence-electron chi connectivity index (χ1n) is 7.52. The lowest BCUT2D eigenvalue weighted by atomic mass is 9.95. The van der Waals surface area contributed by atoms with Crippen molar-refractivity contribution >= 4 is 5.91 Å². The van der Waals surface area contributed by atoms with E-state index < -0.39 is 0 Å². The van der Waals surface area contributed by atoms with Crippen LogP contribution in [0.25, 0.3) is 0 Å². The van der Waals surface area contributed by atoms with Gasteiger partial charge in [-0.3, -0.25) is 4.79 Å². The predicted molar refractivity (Wildman–Crippen MR) is 87.3 cm³/mol. The average Bonchev–Trinajstić information content (AvgIpc) is 2.52. The van der Waals surface area contributed by atoms with Crippen molar-refractivity contribution in [1.82, 2.24) is 10.2 Å². The Balaban J connectivity index is 1.70. The Hall–Kier alpha value is -2.17. The molecule has 1 amide bonds. The van der Waals surface area contributed by atoms with E-state index in [0.29, 0.717) is 11.6 Å². The van der Waals surface area contributed by atoms with Crippen LogP contribution < -0.4 is 11.1 Å². The van der Waals surface area contributed by atoms with Gasteiger partial charge in [0.25, 0.3) is 0 Å². The minimum Gasteiger partial charge on any atom is -0.366 e. The van der Waals surface area contributed by atoms with E-state index in [1.54, 1.807) is 12.1 Å². The predicted octanol–water partition coefficient (Wildman–Crippen LogP) is 2.06. The molecule has 0 saturated carbocycles. The molecule has 1 unspecified atom stereocenters. The minimum absolute atomic E-state index is 0.325. The second-order valence-electron chi connectivity index (χ2n) is 5.89. The second-order valence-corrected chi connectivity index (χ2v) is 5.89. The van der Waals surface area contributed by atoms with Crippen LogP contribution in [-0.2, 0) is 13.1 Å². The molecule has 0 aromatic heterocycles. The van der Waals surface area contributed by atoms with E-state index in [1.807, 2.05) is 12.1 Å². The van der Waals surface area contributed by atoms with Crippen molar-refractivity contribution in [2.75, 3.05) is 13.6 Å². The van der Waals surface area contributed by atoms with E-state index in [2.05, 4.69) is 41.5 Å². The number of hydrogen-bond donors (Lipinski definition) is 2. The number of rotatable bonds is 4. The summed E-state index contributed by atoms with van der Waals surface area (Å²) in [7, 11) is 2.15. The number of carbonyl (C=O) groups excluding carboxylic acids is 1. The van der Waals surface area contributed by atoms with E-state index >= 15 is 0 Å². The lowest BCUT2D eigenvalue weighted by Gasteiger charge is -2.33. The second kappa shape index (κ2) is 6.30. The SMILES string of the molecule is CN1Cc2ccccc2C(NCc2ccc(C(N)=O)cc2)C1. The molecule has 1 heterocycles. The summed E-state index contributed by atoms with van der Waals surface area (Å²) in [6.07, 6.45) is 0. The molecule has 1 atom stereocenters. The fourth-order valence-electron chi connectivity index (χ4n) is 2.99. The van der Waals surface area contributed by atoms with Gasteiger partial charge in [0.05, 0.1) is 0 Å². The number of nitrogens with one attached hydrogen (secondary N) is 1. The van der Waals surface area contributed by atoms with Crippen LogP contribution in [0.1, 0.15) is 33.1 Å². The van der Waals surface area contributed by atoms with Crippen LogP contribution in [-0.4, -0.2) is 24.4 Å². The summed E-state index contributed by atoms with van der Waals surface area (Å²) in [6, 6.07) is 16.4. The Morgan fingerprint density at radius 1 is 1.23 bits per heavy atom. The summed E-state index contributed by atoms with van der Waals surface area (Å²) in [5.74, 6) is -0.387. The summed E-state index contributed by atoms with van der Waals surface area (Å²) in [6.45, 7) is 2.77. The van der Waals surface area contributed by atoms with Gasteiger partial charge in [0.1, 0.15) is 0 Å². The van der Waals surface area contributed by atoms with Crippen molar-refractivity contribution < 1.29 is 4.79 Å². The molecule has 0 fully saturated rings. The third-order valence-electron chi connectivity index (χ3n) is 4.16. The van der Waals surface area contributed by atoms with Gasteiger partial charge in [-0.25, -0.2) is 0 Å². The molecule has 114 valence electrons. The van der Waals surface area contributed by atoms with E-state index in [0.717, 1.165) is 25.2 Å². The number of nitrogens with zero attached hydrogens (tertiary/aromatic N) is 1. The number of primary amides is 1. The number of fused-ring (bicyclic) bond motifs is 1. The highest BCUT2D eigenvalue weighted by Gasteiger charge is 2.22. The van der Waals surface area contributed by atoms with Gasteiger partial charge >= 0.3 is 0 Å². The molecule has 4 nitrogen and oxygen atoms in total. The number of hydrogen-bond acceptors (Lipinski definition) is 3. The van der Waals surface area contributed by atoms with Crippen LogP contribution in [0.4, 0.5) is 0 Å². The molecule has 1 aliphatic heterocycles. The average molecular weight is 295 g/mol. The number of amides is 1. The third kappa shape index (κ3) is 3.18. The van der Waals surface area contributed by atoms with Gasteiger partial charge < -0.3 is 16.0 Å². The summed E-state index contributed by atoms with van der Waals surface area (Å²) in [5.41, 5.74) is 9.73. The molecule has 4 heteroatoms. The van der Waals surface area contributed by atoms with Crippen LogP contribution >= 0.6 is 0 Å². The molecule has 0 bridgehead atoms. The summed E-state index contributed by atoms with van der Waals surface area (Å²) in [5, 5.41) is 3.62. The van der Waals surface area contributed by atoms with Gasteiger partial charge in [0, 0.05) is 31.2 Å². The topological polar surface area (TPSA) is 58.4 Å². The van der Waals surface area contributed by atoms with Crippen molar-refractivity contribution in [2.45, 2.75) is 19.1 Å². The van der Waals surface area contributed by atoms with Crippen molar-refractivity contribution in [2.24, 2.45) is 5.73 Å². The summed E-state index contributed by atoms with van der Waals surface area (Å²) >= 11 is 0. The Morgan fingerprint density at radius 3 is 2.68 bits per heavy atom. The molecule has 0 radical (unpaired) electrons. The fraction of sp³-hybridized carbons (Fsp3) is 0.278. The van der Waals surface area contributed by atoms with Crippen molar-refractivity contribution in [3.63, 3.8) is 0 Å². The zero-order valence-electron chi connectivity index (χ0n) is 12.8. The maximum atomic E-state index is 11.1. The lowest BCUT2D eigenvalue weighted by molar-refractivity contribution is 0.100. The number of nitrogens with two attached hydrogens (primary N) is 1. The first-order chi connectivity index (χ1) is 10.6. The molecule has 0 saturated heterocycles. The highest BCUT2D eigenvalue weighted by Crippen LogP contribution is 2.25. The van der Waals surface area contributed by atoms with E-state index in [1.165, 1.54) is 11.1 Å². The largest absolute Gasteiger partial charge is 0.366 e. The monoisotopic (exact) mass is 295 g/mol. The maximum Gasteiger partial charge on any atom is 0.248 e. The first kappa shape index (κ1) is 14.8. The van der Waals surface area contributed by atoms with Gasteiger partial charge in [-0.15, -0.1) is 0 Å². The van der Waals surface area contributed by atoms with Crippen LogP contribution in [0.2, 0.25) is 0 Å². The highest BCUT2D eigenvalue weighted by atomic mass is 16.1. The zero-order chi connectivity index (χ0) is 15.5. The van der Waals surface area contributed by atoms with E-state index in [4.69, 9.17) is 5.73 Å². The molecule has 3 rings (SSSR count). The molecule has 2 aromatic carbocycles. The van der Waals surface area contributed by atoms with Gasteiger partial charge in [-0.2, -0.15) is 0 Å². The van der Waals surface area contributed by atoms with Crippen LogP contribution in [0, 0.1) is 0 Å². The fourth-order valence-corrected chi connectivity index (χ4v) is 2.99. The number of benzene rings is 2. The molecule has 22 heavy (non-hydrogen) atoms. The standard InChI is InChI=1S/C18H21N3O/c1-21-11-15-4-2-3-5-16(15)17(12-21)20-10-13-6-8-14(9-7-13)18(19)22/h2-9,17,20H,10-12H2,1H3,(H2,19,22). The normalized spacial score (nSPS) is 18.0. The maximum absolute atomic E-state index is 11.1. The van der Waals surface area contributed by atoms with Crippen molar-refractivity contribution in [3.8, 4) is 0 Å². The summed E-state index contributed by atoms with van der Waals surface area (Å²) in [4.78, 5) is 13.4. The molecular weight excluding hydrogens is 274 g/mol. The summed E-state index contributed by atoms with van der Waals surface area (Å²) < 4.78 is 0. The van der Waals surface area contributed by atoms with Gasteiger partial charge in [-0.1, -0.05) is 36.4 Å². The third-order valence-corrected chi connectivity index (χ3v) is 4.16. The molecular formula is C18H21N3O. The van der Waals surface area contributed by atoms with E-state index in [-0.39, 0.29) is 5.91 Å². The molecule has 3 N–H and O–H groups in total. The quantitative estimate of drug-likeness (QED) is 0.908. The van der Waals surface area contributed by atoms with E-state index in [9.17, 15) is 4.79 Å². The van der Waals surface area contributed by atoms with Crippen molar-refractivity contribution in [1.29, 1.82) is 0 Å². The zero-order valence-corrected chi connectivity index (χ0v) is 12.8. The Morgan fingerprint density at radius 2 is 1.95 bits per heavy atom. The molecule has 2 aromatic rings. The van der Waals surface area contributed by atoms with Crippen LogP contribution in [0.5, 0.6) is 0 Å². The number of likely N-dealkylation sites (N-methyl/N-ethyl adjacent to an activating group) is 1. The first-order valence-corrected chi connectivity index (χ1v) is 7.52. The van der Waals surface area contributed by atoms with Crippen molar-refractivity contribution in [3.05, 3.63) is 70.8 Å². The van der Waals surface area contributed by atoms with Gasteiger partial charge in [-0.05, 0) is 35.9 Å². The Bertz CT molecular complexity index is 666. The molecule has 1 aliphatic rings. The van der Waals surface area contributed by atoms with Gasteiger partial charge in [0.2, 0.25) is 5.91 Å². The minimum atomic E-state index is -0.387. The molecule has 0 spiro atoms. The Kier molecular flexibility index (Phi) is 4.22. The molecule has 0 aliphatic carbocycles.